The second-order valence-corrected chi connectivity index (χ2v) is 5.70. The number of pyridine rings is 2. The number of nitrogen functional groups attached to an aromatic ring is 1. The van der Waals surface area contributed by atoms with Crippen molar-refractivity contribution in [1.82, 2.24) is 15.0 Å². The van der Waals surface area contributed by atoms with Crippen molar-refractivity contribution in [3.63, 3.8) is 0 Å². The van der Waals surface area contributed by atoms with Crippen LogP contribution in [0.1, 0.15) is 5.69 Å². The molecular formula is C19H21KN6O. The van der Waals surface area contributed by atoms with Gasteiger partial charge in [-0.05, 0) is 43.8 Å². The number of hydrogen-bond acceptors (Lipinski definition) is 6. The van der Waals surface area contributed by atoms with Crippen molar-refractivity contribution in [2.24, 2.45) is 0 Å². The molecule has 0 amide bonds. The third-order valence-corrected chi connectivity index (χ3v) is 3.65. The molecule has 0 unspecified atom stereocenters. The van der Waals surface area contributed by atoms with Gasteiger partial charge in [0, 0.05) is 5.69 Å². The van der Waals surface area contributed by atoms with E-state index in [0.29, 0.717) is 0 Å². The number of likely N-dealkylation sites (N-methyl/N-ethyl adjacent to an activating group) is 1. The van der Waals surface area contributed by atoms with Gasteiger partial charge in [-0.2, -0.15) is 12.0 Å². The van der Waals surface area contributed by atoms with E-state index < -0.39 is 0 Å². The van der Waals surface area contributed by atoms with Gasteiger partial charge in [-0.15, -0.1) is 6.54 Å². The second kappa shape index (κ2) is 10.7. The van der Waals surface area contributed by atoms with Crippen molar-refractivity contribution >= 4 is 33.8 Å². The van der Waals surface area contributed by atoms with Crippen LogP contribution in [-0.2, 0) is 0 Å². The Bertz CT molecular complexity index is 971. The van der Waals surface area contributed by atoms with Crippen molar-refractivity contribution in [1.29, 1.82) is 0 Å². The fourth-order valence-electron chi connectivity index (χ4n) is 2.41. The molecule has 3 aromatic heterocycles. The van der Waals surface area contributed by atoms with Crippen LogP contribution in [0.15, 0.2) is 53.1 Å². The Kier molecular flexibility index (Phi) is 8.61. The number of para-hydroxylation sites is 2. The third kappa shape index (κ3) is 6.23. The van der Waals surface area contributed by atoms with Crippen LogP contribution in [-0.4, -0.2) is 35.1 Å². The molecule has 0 spiro atoms. The van der Waals surface area contributed by atoms with Gasteiger partial charge in [0.15, 0.2) is 5.58 Å². The van der Waals surface area contributed by atoms with E-state index in [1.807, 2.05) is 62.6 Å². The normalized spacial score (nSPS) is 10.1. The molecule has 134 valence electrons. The predicted molar refractivity (Wildman–Crippen MR) is 105 cm³/mol. The van der Waals surface area contributed by atoms with Gasteiger partial charge < -0.3 is 20.8 Å². The first-order valence-corrected chi connectivity index (χ1v) is 8.29. The summed E-state index contributed by atoms with van der Waals surface area (Å²) in [6, 6.07) is 13.7. The van der Waals surface area contributed by atoms with Crippen molar-refractivity contribution in [3.8, 4) is 0 Å². The van der Waals surface area contributed by atoms with Crippen LogP contribution in [0.4, 0.5) is 11.7 Å². The first-order valence-electron chi connectivity index (χ1n) is 8.29. The SMILES string of the molecule is C[N-]CCNc1cnc2ccc(C)nc2c1.Nc1nc2ccccc2o1.[K+]. The zero-order valence-electron chi connectivity index (χ0n) is 15.8. The van der Waals surface area contributed by atoms with E-state index in [-0.39, 0.29) is 57.4 Å². The van der Waals surface area contributed by atoms with Gasteiger partial charge in [0.05, 0.1) is 22.9 Å². The molecule has 8 heteroatoms. The average Bonchev–Trinajstić information content (AvgIpc) is 3.02. The van der Waals surface area contributed by atoms with Crippen molar-refractivity contribution in [2.75, 3.05) is 31.2 Å². The number of oxazole rings is 1. The van der Waals surface area contributed by atoms with Gasteiger partial charge in [0.25, 0.3) is 6.01 Å². The Labute approximate surface area is 200 Å². The Balaban J connectivity index is 0.000000205. The molecule has 0 saturated carbocycles. The van der Waals surface area contributed by atoms with Gasteiger partial charge >= 0.3 is 51.4 Å². The molecule has 0 aliphatic rings. The molecule has 1 aromatic carbocycles. The van der Waals surface area contributed by atoms with Crippen LogP contribution in [0.5, 0.6) is 0 Å². The molecule has 4 rings (SSSR count). The van der Waals surface area contributed by atoms with E-state index in [9.17, 15) is 0 Å². The number of aryl methyl sites for hydroxylation is 1. The molecule has 3 heterocycles. The van der Waals surface area contributed by atoms with Crippen molar-refractivity contribution in [2.45, 2.75) is 6.92 Å². The van der Waals surface area contributed by atoms with Gasteiger partial charge in [-0.1, -0.05) is 12.1 Å². The zero-order chi connectivity index (χ0) is 18.4. The summed E-state index contributed by atoms with van der Waals surface area (Å²) in [5.74, 6) is 0. The molecule has 0 aliphatic heterocycles. The molecule has 0 atom stereocenters. The molecule has 7 nitrogen and oxygen atoms in total. The van der Waals surface area contributed by atoms with E-state index >= 15 is 0 Å². The summed E-state index contributed by atoms with van der Waals surface area (Å²) < 4.78 is 5.03. The van der Waals surface area contributed by atoms with Crippen LogP contribution >= 0.6 is 0 Å². The fraction of sp³-hybridized carbons (Fsp3) is 0.211. The van der Waals surface area contributed by atoms with Crippen LogP contribution in [0.25, 0.3) is 27.4 Å². The quantitative estimate of drug-likeness (QED) is 0.395. The molecular weight excluding hydrogens is 367 g/mol. The number of aromatic nitrogens is 3. The number of rotatable bonds is 4. The number of anilines is 2. The summed E-state index contributed by atoms with van der Waals surface area (Å²) in [5.41, 5.74) is 10.7. The number of nitrogens with zero attached hydrogens (tertiary/aromatic N) is 4. The number of benzene rings is 1. The van der Waals surface area contributed by atoms with E-state index in [2.05, 4.69) is 25.6 Å². The Morgan fingerprint density at radius 3 is 2.67 bits per heavy atom. The molecule has 0 saturated heterocycles. The number of fused-ring (bicyclic) bond motifs is 2. The van der Waals surface area contributed by atoms with Gasteiger partial charge in [0.1, 0.15) is 5.52 Å². The Morgan fingerprint density at radius 1 is 1.07 bits per heavy atom. The molecule has 3 N–H and O–H groups in total. The summed E-state index contributed by atoms with van der Waals surface area (Å²) >= 11 is 0. The van der Waals surface area contributed by atoms with Crippen molar-refractivity contribution in [3.05, 3.63) is 59.7 Å². The Morgan fingerprint density at radius 2 is 1.89 bits per heavy atom. The summed E-state index contributed by atoms with van der Waals surface area (Å²) in [4.78, 5) is 12.7. The first-order chi connectivity index (χ1) is 12.7. The minimum atomic E-state index is 0. The van der Waals surface area contributed by atoms with Gasteiger partial charge in [-0.3, -0.25) is 9.97 Å². The maximum atomic E-state index is 5.31. The average molecular weight is 389 g/mol. The molecule has 27 heavy (non-hydrogen) atoms. The van der Waals surface area contributed by atoms with Crippen molar-refractivity contribution < 1.29 is 55.8 Å². The van der Waals surface area contributed by atoms with Crippen LogP contribution in [0.2, 0.25) is 0 Å². The number of hydrogen-bond donors (Lipinski definition) is 2. The van der Waals surface area contributed by atoms with E-state index in [1.54, 1.807) is 0 Å². The minimum Gasteiger partial charge on any atom is -0.664 e. The van der Waals surface area contributed by atoms with E-state index in [0.717, 1.165) is 46.6 Å². The molecule has 0 radical (unpaired) electrons. The molecule has 0 bridgehead atoms. The summed E-state index contributed by atoms with van der Waals surface area (Å²) in [7, 11) is 1.81. The monoisotopic (exact) mass is 388 g/mol. The minimum absolute atomic E-state index is 0. The van der Waals surface area contributed by atoms with E-state index in [4.69, 9.17) is 10.2 Å². The van der Waals surface area contributed by atoms with Gasteiger partial charge in [-0.25, -0.2) is 0 Å². The fourth-order valence-corrected chi connectivity index (χ4v) is 2.41. The third-order valence-electron chi connectivity index (χ3n) is 3.65. The molecule has 0 fully saturated rings. The second-order valence-electron chi connectivity index (χ2n) is 5.70. The smallest absolute Gasteiger partial charge is 0.664 e. The van der Waals surface area contributed by atoms with Crippen LogP contribution < -0.4 is 62.4 Å². The predicted octanol–water partition coefficient (Wildman–Crippen LogP) is 0.768. The number of nitrogens with one attached hydrogen (secondary N) is 1. The zero-order valence-corrected chi connectivity index (χ0v) is 18.9. The van der Waals surface area contributed by atoms with Crippen LogP contribution in [0, 0.1) is 6.92 Å². The number of nitrogens with two attached hydrogens (primary N) is 1. The molecule has 0 aliphatic carbocycles. The summed E-state index contributed by atoms with van der Waals surface area (Å²) in [6.07, 6.45) is 1.83. The first kappa shape index (κ1) is 21.7. The van der Waals surface area contributed by atoms with E-state index in [1.165, 1.54) is 0 Å². The maximum Gasteiger partial charge on any atom is 1.00 e. The molecule has 4 aromatic rings. The van der Waals surface area contributed by atoms with Crippen LogP contribution in [0.3, 0.4) is 0 Å². The van der Waals surface area contributed by atoms with Gasteiger partial charge in [0.2, 0.25) is 0 Å². The Hall–Kier alpha value is -1.55. The maximum absolute atomic E-state index is 5.31. The summed E-state index contributed by atoms with van der Waals surface area (Å²) in [5, 5.41) is 7.29. The summed E-state index contributed by atoms with van der Waals surface area (Å²) in [6.45, 7) is 3.62. The topological polar surface area (TPSA) is 104 Å². The standard InChI is InChI=1S/C12H15N4.C7H6N2O.K/c1-9-3-4-11-12(16-9)7-10(8-15-11)14-6-5-13-2;8-7-9-5-3-1-2-4-6(5)10-7;/h3-4,7-8,14H,5-6H2,1-2H3;1-4H,(H2,8,9);/q-1;;+1. The largest absolute Gasteiger partial charge is 1.00 e.